The van der Waals surface area contributed by atoms with Crippen molar-refractivity contribution in [3.63, 3.8) is 0 Å². The van der Waals surface area contributed by atoms with Crippen molar-refractivity contribution < 1.29 is 9.90 Å². The maximum absolute atomic E-state index is 12.8. The number of hydrogen-bond acceptors (Lipinski definition) is 6. The number of nitrogens with one attached hydrogen (secondary N) is 2. The third kappa shape index (κ3) is 6.40. The van der Waals surface area contributed by atoms with Crippen molar-refractivity contribution in [1.29, 1.82) is 0 Å². The molecule has 7 nitrogen and oxygen atoms in total. The van der Waals surface area contributed by atoms with Crippen LogP contribution in [0, 0.1) is 11.8 Å². The zero-order chi connectivity index (χ0) is 26.6. The third-order valence-corrected chi connectivity index (χ3v) is 7.99. The summed E-state index contributed by atoms with van der Waals surface area (Å²) in [4.78, 5) is 23.2. The Bertz CT molecular complexity index is 1200. The first-order valence-electron chi connectivity index (χ1n) is 13.8. The highest BCUT2D eigenvalue weighted by Gasteiger charge is 2.39. The van der Waals surface area contributed by atoms with E-state index in [1.54, 1.807) is 23.5 Å². The van der Waals surface area contributed by atoms with Crippen LogP contribution >= 0.6 is 0 Å². The second-order valence-electron chi connectivity index (χ2n) is 11.3. The highest BCUT2D eigenvalue weighted by Crippen LogP contribution is 2.39. The monoisotopic (exact) mass is 513 g/mol. The third-order valence-electron chi connectivity index (χ3n) is 7.99. The van der Waals surface area contributed by atoms with E-state index in [9.17, 15) is 9.90 Å². The van der Waals surface area contributed by atoms with Crippen molar-refractivity contribution in [3.05, 3.63) is 89.4 Å². The first-order valence-corrected chi connectivity index (χ1v) is 13.8. The van der Waals surface area contributed by atoms with Gasteiger partial charge in [0.2, 0.25) is 0 Å². The lowest BCUT2D eigenvalue weighted by Gasteiger charge is -2.21. The van der Waals surface area contributed by atoms with E-state index in [-0.39, 0.29) is 11.9 Å². The molecular formula is C31H39N5O2. The molecule has 1 aliphatic carbocycles. The summed E-state index contributed by atoms with van der Waals surface area (Å²) in [5.41, 5.74) is 3.72. The number of rotatable bonds is 10. The Morgan fingerprint density at radius 2 is 1.92 bits per heavy atom. The number of amides is 1. The van der Waals surface area contributed by atoms with Crippen LogP contribution in [0.3, 0.4) is 0 Å². The molecule has 1 saturated heterocycles. The Morgan fingerprint density at radius 3 is 2.58 bits per heavy atom. The number of anilines is 1. The summed E-state index contributed by atoms with van der Waals surface area (Å²) in [5.74, 6) is 2.31. The first-order chi connectivity index (χ1) is 18.4. The molecule has 5 atom stereocenters. The van der Waals surface area contributed by atoms with Crippen molar-refractivity contribution in [2.24, 2.45) is 11.8 Å². The number of carbonyl (C=O) groups excluding carboxylic acids is 1. The van der Waals surface area contributed by atoms with Gasteiger partial charge in [-0.15, -0.1) is 0 Å². The molecule has 5 unspecified atom stereocenters. The molecule has 3 N–H and O–H groups in total. The normalized spacial score (nSPS) is 23.3. The van der Waals surface area contributed by atoms with Gasteiger partial charge in [0.1, 0.15) is 5.82 Å². The fraction of sp³-hybridized carbons (Fsp3) is 0.452. The number of aliphatic hydroxyl groups excluding tert-OH is 1. The zero-order valence-corrected chi connectivity index (χ0v) is 22.5. The average Bonchev–Trinajstić information content (AvgIpc) is 3.56. The molecule has 1 aliphatic heterocycles. The van der Waals surface area contributed by atoms with Crippen molar-refractivity contribution in [2.75, 3.05) is 12.4 Å². The van der Waals surface area contributed by atoms with Gasteiger partial charge in [-0.25, -0.2) is 4.98 Å². The average molecular weight is 514 g/mol. The number of carbonyl (C=O) groups is 1. The van der Waals surface area contributed by atoms with Gasteiger partial charge in [-0.1, -0.05) is 38.1 Å². The van der Waals surface area contributed by atoms with Crippen molar-refractivity contribution in [2.45, 2.75) is 70.3 Å². The number of aliphatic hydroxyl groups is 1. The molecule has 1 amide bonds. The number of nitrogens with zero attached hydrogens (tertiary/aromatic N) is 3. The Labute approximate surface area is 225 Å². The van der Waals surface area contributed by atoms with Crippen LogP contribution in [0.2, 0.25) is 0 Å². The highest BCUT2D eigenvalue weighted by atomic mass is 16.3. The molecule has 1 aromatic carbocycles. The Hall–Kier alpha value is -3.29. The van der Waals surface area contributed by atoms with Crippen LogP contribution in [0.25, 0.3) is 0 Å². The van der Waals surface area contributed by atoms with E-state index in [1.165, 1.54) is 12.0 Å². The SMILES string of the molecule is CC(C)C1CC1Nc1ccc(C(O)C2CCC(Cc3ccc(C(=O)N(C)Cc4cccnc4)cc3)N2)cn1. The Morgan fingerprint density at radius 1 is 1.11 bits per heavy atom. The summed E-state index contributed by atoms with van der Waals surface area (Å²) >= 11 is 0. The van der Waals surface area contributed by atoms with E-state index in [2.05, 4.69) is 34.4 Å². The summed E-state index contributed by atoms with van der Waals surface area (Å²) in [5, 5.41) is 18.1. The van der Waals surface area contributed by atoms with Gasteiger partial charge in [-0.05, 0) is 72.9 Å². The van der Waals surface area contributed by atoms with E-state index in [0.717, 1.165) is 42.1 Å². The second-order valence-corrected chi connectivity index (χ2v) is 11.3. The molecule has 2 aromatic heterocycles. The quantitative estimate of drug-likeness (QED) is 0.367. The van der Waals surface area contributed by atoms with Crippen LogP contribution in [-0.4, -0.2) is 51.1 Å². The molecule has 5 rings (SSSR count). The van der Waals surface area contributed by atoms with E-state index in [1.807, 2.05) is 55.6 Å². The second kappa shape index (κ2) is 11.6. The van der Waals surface area contributed by atoms with Crippen LogP contribution in [0.15, 0.2) is 67.1 Å². The molecule has 0 spiro atoms. The molecule has 38 heavy (non-hydrogen) atoms. The molecule has 7 heteroatoms. The number of hydrogen-bond donors (Lipinski definition) is 3. The predicted octanol–water partition coefficient (Wildman–Crippen LogP) is 4.60. The summed E-state index contributed by atoms with van der Waals surface area (Å²) in [7, 11) is 1.81. The molecule has 3 aromatic rings. The van der Waals surface area contributed by atoms with E-state index in [0.29, 0.717) is 30.1 Å². The molecule has 1 saturated carbocycles. The van der Waals surface area contributed by atoms with E-state index < -0.39 is 6.10 Å². The number of benzene rings is 1. The lowest BCUT2D eigenvalue weighted by atomic mass is 10.0. The standard InChI is InChI=1S/C31H39N5O2/c1-20(2)26-16-28(26)35-29-13-10-24(18-33-29)30(37)27-12-11-25(34-27)15-21-6-8-23(9-7-21)31(38)36(3)19-22-5-4-14-32-17-22/h4-10,13-14,17-18,20,25-28,30,34,37H,11-12,15-16,19H2,1-3H3,(H,33,35). The van der Waals surface area contributed by atoms with E-state index >= 15 is 0 Å². The largest absolute Gasteiger partial charge is 0.387 e. The van der Waals surface area contributed by atoms with Crippen molar-refractivity contribution in [3.8, 4) is 0 Å². The summed E-state index contributed by atoms with van der Waals surface area (Å²) < 4.78 is 0. The summed E-state index contributed by atoms with van der Waals surface area (Å²) in [6, 6.07) is 16.5. The number of pyridine rings is 2. The molecule has 0 bridgehead atoms. The van der Waals surface area contributed by atoms with Gasteiger partial charge in [0, 0.05) is 61.4 Å². The summed E-state index contributed by atoms with van der Waals surface area (Å²) in [6.45, 7) is 5.06. The van der Waals surface area contributed by atoms with Crippen LogP contribution in [0.5, 0.6) is 0 Å². The van der Waals surface area contributed by atoms with Gasteiger partial charge in [0.05, 0.1) is 6.10 Å². The van der Waals surface area contributed by atoms with Gasteiger partial charge in [0.15, 0.2) is 0 Å². The topological polar surface area (TPSA) is 90.4 Å². The van der Waals surface area contributed by atoms with Gasteiger partial charge in [-0.3, -0.25) is 9.78 Å². The fourth-order valence-electron chi connectivity index (χ4n) is 5.59. The number of aromatic nitrogens is 2. The minimum atomic E-state index is -0.582. The molecule has 200 valence electrons. The molecule has 0 radical (unpaired) electrons. The van der Waals surface area contributed by atoms with Gasteiger partial charge >= 0.3 is 0 Å². The smallest absolute Gasteiger partial charge is 0.253 e. The maximum Gasteiger partial charge on any atom is 0.253 e. The lowest BCUT2D eigenvalue weighted by molar-refractivity contribution is 0.0785. The van der Waals surface area contributed by atoms with Gasteiger partial charge < -0.3 is 20.6 Å². The van der Waals surface area contributed by atoms with E-state index in [4.69, 9.17) is 0 Å². The molecular weight excluding hydrogens is 474 g/mol. The molecule has 2 aliphatic rings. The highest BCUT2D eigenvalue weighted by molar-refractivity contribution is 5.94. The van der Waals surface area contributed by atoms with Gasteiger partial charge in [0.25, 0.3) is 5.91 Å². The first kappa shape index (κ1) is 26.3. The minimum Gasteiger partial charge on any atom is -0.387 e. The van der Waals surface area contributed by atoms with Gasteiger partial charge in [-0.2, -0.15) is 0 Å². The van der Waals surface area contributed by atoms with Crippen molar-refractivity contribution >= 4 is 11.7 Å². The van der Waals surface area contributed by atoms with Crippen LogP contribution in [-0.2, 0) is 13.0 Å². The zero-order valence-electron chi connectivity index (χ0n) is 22.5. The molecule has 3 heterocycles. The maximum atomic E-state index is 12.8. The van der Waals surface area contributed by atoms with Crippen LogP contribution < -0.4 is 10.6 Å². The Kier molecular flexibility index (Phi) is 8.05. The minimum absolute atomic E-state index is 0.00530. The lowest BCUT2D eigenvalue weighted by Crippen LogP contribution is -2.35. The predicted molar refractivity (Wildman–Crippen MR) is 150 cm³/mol. The summed E-state index contributed by atoms with van der Waals surface area (Å²) in [6.07, 6.45) is 8.72. The van der Waals surface area contributed by atoms with Crippen molar-refractivity contribution in [1.82, 2.24) is 20.2 Å². The Balaban J connectivity index is 1.10. The molecule has 2 fully saturated rings. The van der Waals surface area contributed by atoms with Crippen LogP contribution in [0.1, 0.15) is 66.3 Å². The van der Waals surface area contributed by atoms with Crippen LogP contribution in [0.4, 0.5) is 5.82 Å². The fourth-order valence-corrected chi connectivity index (χ4v) is 5.59.